The maximum absolute atomic E-state index is 14.4. The van der Waals surface area contributed by atoms with E-state index in [-0.39, 0.29) is 5.82 Å². The van der Waals surface area contributed by atoms with Gasteiger partial charge in [-0.25, -0.2) is 4.39 Å². The van der Waals surface area contributed by atoms with E-state index in [1.165, 1.54) is 30.4 Å². The Hall–Kier alpha value is -1.67. The van der Waals surface area contributed by atoms with Crippen LogP contribution in [0.5, 0.6) is 0 Å². The Balaban J connectivity index is 1.89. The van der Waals surface area contributed by atoms with E-state index >= 15 is 0 Å². The Morgan fingerprint density at radius 2 is 1.81 bits per heavy atom. The summed E-state index contributed by atoms with van der Waals surface area (Å²) in [6.45, 7) is 3.67. The molecule has 0 aliphatic heterocycles. The topological polar surface area (TPSA) is 12.0 Å². The molecule has 0 radical (unpaired) electrons. The fourth-order valence-corrected chi connectivity index (χ4v) is 3.07. The normalized spacial score (nSPS) is 14.0. The lowest BCUT2D eigenvalue weighted by Crippen LogP contribution is -2.11. The smallest absolute Gasteiger partial charge is 0.131 e. The van der Waals surface area contributed by atoms with Crippen molar-refractivity contribution in [1.29, 1.82) is 0 Å². The highest BCUT2D eigenvalue weighted by atomic mass is 19.1. The van der Waals surface area contributed by atoms with Gasteiger partial charge in [-0.1, -0.05) is 37.3 Å². The molecule has 0 amide bonds. The molecule has 110 valence electrons. The zero-order chi connectivity index (χ0) is 14.7. The largest absolute Gasteiger partial charge is 0.313 e. The van der Waals surface area contributed by atoms with Crippen molar-refractivity contribution in [3.05, 3.63) is 58.9 Å². The molecule has 0 bridgehead atoms. The number of rotatable bonds is 4. The van der Waals surface area contributed by atoms with Crippen LogP contribution in [-0.2, 0) is 19.4 Å². The SMILES string of the molecule is CCNCc1ccc(-c2ccc3c(c2)CCCC3)c(F)c1. The van der Waals surface area contributed by atoms with Crippen LogP contribution in [-0.4, -0.2) is 6.54 Å². The van der Waals surface area contributed by atoms with Gasteiger partial charge >= 0.3 is 0 Å². The van der Waals surface area contributed by atoms with Crippen molar-refractivity contribution in [1.82, 2.24) is 5.32 Å². The summed E-state index contributed by atoms with van der Waals surface area (Å²) in [6, 6.07) is 12.0. The number of halogens is 1. The zero-order valence-corrected chi connectivity index (χ0v) is 12.6. The Morgan fingerprint density at radius 3 is 2.57 bits per heavy atom. The summed E-state index contributed by atoms with van der Waals surface area (Å²) in [7, 11) is 0. The summed E-state index contributed by atoms with van der Waals surface area (Å²) in [6.07, 6.45) is 4.82. The molecular weight excluding hydrogens is 261 g/mol. The fraction of sp³-hybridized carbons (Fsp3) is 0.368. The molecular formula is C19H22FN. The molecule has 3 rings (SSSR count). The zero-order valence-electron chi connectivity index (χ0n) is 12.6. The van der Waals surface area contributed by atoms with Crippen molar-refractivity contribution in [3.63, 3.8) is 0 Å². The second-order valence-corrected chi connectivity index (χ2v) is 5.79. The average molecular weight is 283 g/mol. The van der Waals surface area contributed by atoms with Gasteiger partial charge in [0, 0.05) is 12.1 Å². The standard InChI is InChI=1S/C19H22FN/c1-2-21-13-14-7-10-18(19(20)11-14)17-9-8-15-5-3-4-6-16(15)12-17/h7-12,21H,2-6,13H2,1H3. The van der Waals surface area contributed by atoms with Gasteiger partial charge in [0.15, 0.2) is 0 Å². The van der Waals surface area contributed by atoms with Crippen molar-refractivity contribution in [2.75, 3.05) is 6.54 Å². The summed E-state index contributed by atoms with van der Waals surface area (Å²) in [5, 5.41) is 3.23. The predicted molar refractivity (Wildman–Crippen MR) is 85.9 cm³/mol. The summed E-state index contributed by atoms with van der Waals surface area (Å²) < 4.78 is 14.4. The summed E-state index contributed by atoms with van der Waals surface area (Å²) in [5.41, 5.74) is 5.55. The molecule has 1 aliphatic rings. The lowest BCUT2D eigenvalue weighted by molar-refractivity contribution is 0.625. The Kier molecular flexibility index (Phi) is 4.35. The molecule has 0 saturated carbocycles. The summed E-state index contributed by atoms with van der Waals surface area (Å²) in [5.74, 6) is -0.124. The first-order valence-electron chi connectivity index (χ1n) is 7.89. The monoisotopic (exact) mass is 283 g/mol. The van der Waals surface area contributed by atoms with Crippen LogP contribution < -0.4 is 5.32 Å². The molecule has 0 fully saturated rings. The lowest BCUT2D eigenvalue weighted by Gasteiger charge is -2.17. The summed E-state index contributed by atoms with van der Waals surface area (Å²) >= 11 is 0. The molecule has 0 unspecified atom stereocenters. The Bertz CT molecular complexity index is 633. The van der Waals surface area contributed by atoms with Gasteiger partial charge in [-0.3, -0.25) is 0 Å². The molecule has 2 aromatic rings. The van der Waals surface area contributed by atoms with Crippen molar-refractivity contribution < 1.29 is 4.39 Å². The van der Waals surface area contributed by atoms with Gasteiger partial charge in [0.25, 0.3) is 0 Å². The Labute approximate surface area is 126 Å². The van der Waals surface area contributed by atoms with E-state index < -0.39 is 0 Å². The van der Waals surface area contributed by atoms with Crippen LogP contribution in [0.3, 0.4) is 0 Å². The van der Waals surface area contributed by atoms with E-state index in [1.54, 1.807) is 6.07 Å². The summed E-state index contributed by atoms with van der Waals surface area (Å²) in [4.78, 5) is 0. The number of hydrogen-bond acceptors (Lipinski definition) is 1. The third kappa shape index (κ3) is 3.16. The molecule has 0 atom stereocenters. The van der Waals surface area contributed by atoms with Crippen LogP contribution >= 0.6 is 0 Å². The third-order valence-electron chi connectivity index (χ3n) is 4.27. The minimum Gasteiger partial charge on any atom is -0.313 e. The highest BCUT2D eigenvalue weighted by Crippen LogP contribution is 2.29. The number of nitrogens with one attached hydrogen (secondary N) is 1. The lowest BCUT2D eigenvalue weighted by atomic mass is 9.89. The molecule has 0 spiro atoms. The highest BCUT2D eigenvalue weighted by molar-refractivity contribution is 5.66. The number of aryl methyl sites for hydroxylation is 2. The molecule has 0 aromatic heterocycles. The predicted octanol–water partition coefficient (Wildman–Crippen LogP) is 4.48. The first kappa shape index (κ1) is 14.3. The van der Waals surface area contributed by atoms with Gasteiger partial charge in [-0.05, 0) is 60.5 Å². The number of hydrogen-bond donors (Lipinski definition) is 1. The van der Waals surface area contributed by atoms with Crippen LogP contribution in [0.25, 0.3) is 11.1 Å². The molecule has 0 heterocycles. The van der Waals surface area contributed by atoms with E-state index in [0.717, 1.165) is 30.6 Å². The minimum absolute atomic E-state index is 0.124. The molecule has 1 aliphatic carbocycles. The quantitative estimate of drug-likeness (QED) is 0.872. The highest BCUT2D eigenvalue weighted by Gasteiger charge is 2.12. The second-order valence-electron chi connectivity index (χ2n) is 5.79. The van der Waals surface area contributed by atoms with Crippen LogP contribution in [0.4, 0.5) is 4.39 Å². The van der Waals surface area contributed by atoms with Crippen molar-refractivity contribution >= 4 is 0 Å². The van der Waals surface area contributed by atoms with E-state index in [2.05, 4.69) is 30.4 Å². The van der Waals surface area contributed by atoms with Gasteiger partial charge < -0.3 is 5.32 Å². The van der Waals surface area contributed by atoms with Crippen LogP contribution in [0, 0.1) is 5.82 Å². The molecule has 1 N–H and O–H groups in total. The first-order valence-corrected chi connectivity index (χ1v) is 7.89. The average Bonchev–Trinajstić information content (AvgIpc) is 2.52. The number of benzene rings is 2. The van der Waals surface area contributed by atoms with Crippen molar-refractivity contribution in [2.45, 2.75) is 39.2 Å². The maximum atomic E-state index is 14.4. The van der Waals surface area contributed by atoms with Gasteiger partial charge in [0.05, 0.1) is 0 Å². The van der Waals surface area contributed by atoms with E-state index in [4.69, 9.17) is 0 Å². The molecule has 21 heavy (non-hydrogen) atoms. The van der Waals surface area contributed by atoms with E-state index in [1.807, 2.05) is 12.1 Å². The minimum atomic E-state index is -0.124. The van der Waals surface area contributed by atoms with Crippen molar-refractivity contribution in [3.8, 4) is 11.1 Å². The Morgan fingerprint density at radius 1 is 1.00 bits per heavy atom. The molecule has 2 heteroatoms. The molecule has 1 nitrogen and oxygen atoms in total. The van der Waals surface area contributed by atoms with Crippen LogP contribution in [0.15, 0.2) is 36.4 Å². The third-order valence-corrected chi connectivity index (χ3v) is 4.27. The number of fused-ring (bicyclic) bond motifs is 1. The fourth-order valence-electron chi connectivity index (χ4n) is 3.07. The van der Waals surface area contributed by atoms with Crippen LogP contribution in [0.1, 0.15) is 36.5 Å². The van der Waals surface area contributed by atoms with Crippen LogP contribution in [0.2, 0.25) is 0 Å². The first-order chi connectivity index (χ1) is 10.3. The van der Waals surface area contributed by atoms with Gasteiger partial charge in [-0.2, -0.15) is 0 Å². The van der Waals surface area contributed by atoms with E-state index in [0.29, 0.717) is 5.56 Å². The van der Waals surface area contributed by atoms with Gasteiger partial charge in [0.2, 0.25) is 0 Å². The van der Waals surface area contributed by atoms with E-state index in [9.17, 15) is 4.39 Å². The van der Waals surface area contributed by atoms with Crippen molar-refractivity contribution in [2.24, 2.45) is 0 Å². The van der Waals surface area contributed by atoms with Gasteiger partial charge in [0.1, 0.15) is 5.82 Å². The molecule has 0 saturated heterocycles. The second kappa shape index (κ2) is 6.40. The van der Waals surface area contributed by atoms with Gasteiger partial charge in [-0.15, -0.1) is 0 Å². The maximum Gasteiger partial charge on any atom is 0.131 e. The molecule has 2 aromatic carbocycles.